The highest BCUT2D eigenvalue weighted by atomic mass is 16.5. The largest absolute Gasteiger partial charge is 0.463 e. The molecule has 0 radical (unpaired) electrons. The fourth-order valence-corrected chi connectivity index (χ4v) is 1.90. The molecule has 16 heavy (non-hydrogen) atoms. The van der Waals surface area contributed by atoms with Gasteiger partial charge in [-0.2, -0.15) is 0 Å². The summed E-state index contributed by atoms with van der Waals surface area (Å²) in [5, 5.41) is 9.64. The van der Waals surface area contributed by atoms with Crippen molar-refractivity contribution in [2.24, 2.45) is 0 Å². The first-order valence-corrected chi connectivity index (χ1v) is 5.97. The molecule has 2 atom stereocenters. The van der Waals surface area contributed by atoms with E-state index in [4.69, 9.17) is 4.74 Å². The third-order valence-electron chi connectivity index (χ3n) is 2.79. The number of rotatable bonds is 0. The Hall–Kier alpha value is -0.900. The van der Waals surface area contributed by atoms with E-state index in [9.17, 15) is 14.7 Å². The Morgan fingerprint density at radius 2 is 1.94 bits per heavy atom. The van der Waals surface area contributed by atoms with E-state index in [0.29, 0.717) is 19.3 Å². The number of ether oxygens (including phenoxy) is 1. The molecular weight excluding hydrogens is 208 g/mol. The Balaban J connectivity index is 2.47. The van der Waals surface area contributed by atoms with Crippen molar-refractivity contribution in [3.8, 4) is 0 Å². The van der Waals surface area contributed by atoms with E-state index in [1.54, 1.807) is 6.92 Å². The van der Waals surface area contributed by atoms with Crippen LogP contribution in [0.25, 0.3) is 0 Å². The summed E-state index contributed by atoms with van der Waals surface area (Å²) in [6.07, 6.45) is 3.08. The number of ketones is 1. The zero-order valence-electron chi connectivity index (χ0n) is 9.78. The van der Waals surface area contributed by atoms with Gasteiger partial charge < -0.3 is 9.84 Å². The highest BCUT2D eigenvalue weighted by Gasteiger charge is 2.16. The van der Waals surface area contributed by atoms with Gasteiger partial charge in [-0.1, -0.05) is 6.42 Å². The number of esters is 1. The summed E-state index contributed by atoms with van der Waals surface area (Å²) in [6, 6.07) is 0. The molecular formula is C12H20O4. The molecule has 0 aromatic rings. The van der Waals surface area contributed by atoms with Crippen LogP contribution in [0.3, 0.4) is 0 Å². The molecule has 0 aromatic carbocycles. The minimum absolute atomic E-state index is 0.111. The van der Waals surface area contributed by atoms with Gasteiger partial charge in [0.15, 0.2) is 0 Å². The van der Waals surface area contributed by atoms with Crippen molar-refractivity contribution in [1.82, 2.24) is 0 Å². The van der Waals surface area contributed by atoms with Gasteiger partial charge >= 0.3 is 5.97 Å². The van der Waals surface area contributed by atoms with Gasteiger partial charge in [-0.25, -0.2) is 0 Å². The van der Waals surface area contributed by atoms with Crippen LogP contribution in [0, 0.1) is 0 Å². The Morgan fingerprint density at radius 1 is 1.19 bits per heavy atom. The molecule has 0 amide bonds. The fourth-order valence-electron chi connectivity index (χ4n) is 1.90. The standard InChI is InChI=1S/C12H20O4/c1-9-8-11(14)5-3-2-4-10(13)6-7-12(15)16-9/h9,11,14H,2-8H2,1H3/t9-,11+/m1/s1. The predicted molar refractivity (Wildman–Crippen MR) is 58.9 cm³/mol. The summed E-state index contributed by atoms with van der Waals surface area (Å²) in [6.45, 7) is 1.77. The highest BCUT2D eigenvalue weighted by molar-refractivity contribution is 5.82. The van der Waals surface area contributed by atoms with Crippen molar-refractivity contribution < 1.29 is 19.4 Å². The van der Waals surface area contributed by atoms with Crippen molar-refractivity contribution in [2.75, 3.05) is 0 Å². The van der Waals surface area contributed by atoms with Crippen LogP contribution in [0.2, 0.25) is 0 Å². The number of aliphatic hydroxyl groups is 1. The molecule has 1 rings (SSSR count). The van der Waals surface area contributed by atoms with Gasteiger partial charge in [0.25, 0.3) is 0 Å². The van der Waals surface area contributed by atoms with Crippen LogP contribution in [0.15, 0.2) is 0 Å². The van der Waals surface area contributed by atoms with Crippen molar-refractivity contribution >= 4 is 11.8 Å². The number of aliphatic hydroxyl groups excluding tert-OH is 1. The second kappa shape index (κ2) is 6.63. The Kier molecular flexibility index (Phi) is 5.46. The van der Waals surface area contributed by atoms with Crippen molar-refractivity contribution in [3.05, 3.63) is 0 Å². The van der Waals surface area contributed by atoms with Gasteiger partial charge in [-0.15, -0.1) is 0 Å². The zero-order chi connectivity index (χ0) is 12.0. The molecule has 1 heterocycles. The maximum atomic E-state index is 11.3. The van der Waals surface area contributed by atoms with E-state index in [1.807, 2.05) is 0 Å². The minimum atomic E-state index is -0.433. The van der Waals surface area contributed by atoms with Crippen LogP contribution in [0.5, 0.6) is 0 Å². The quantitative estimate of drug-likeness (QED) is 0.639. The number of cyclic esters (lactones) is 1. The van der Waals surface area contributed by atoms with Gasteiger partial charge in [-0.05, 0) is 19.8 Å². The molecule has 0 unspecified atom stereocenters. The zero-order valence-corrected chi connectivity index (χ0v) is 9.78. The summed E-state index contributed by atoms with van der Waals surface area (Å²) in [5.74, 6) is -0.228. The number of hydrogen-bond acceptors (Lipinski definition) is 4. The molecule has 1 saturated heterocycles. The van der Waals surface area contributed by atoms with E-state index in [2.05, 4.69) is 0 Å². The normalized spacial score (nSPS) is 30.1. The second-order valence-electron chi connectivity index (χ2n) is 4.47. The topological polar surface area (TPSA) is 63.6 Å². The number of carbonyl (C=O) groups is 2. The maximum Gasteiger partial charge on any atom is 0.306 e. The fraction of sp³-hybridized carbons (Fsp3) is 0.833. The number of carbonyl (C=O) groups excluding carboxylic acids is 2. The van der Waals surface area contributed by atoms with Crippen LogP contribution < -0.4 is 0 Å². The van der Waals surface area contributed by atoms with Crippen LogP contribution in [-0.4, -0.2) is 29.1 Å². The molecule has 0 saturated carbocycles. The highest BCUT2D eigenvalue weighted by Crippen LogP contribution is 2.14. The SMILES string of the molecule is C[C@@H]1C[C@@H](O)CCCCC(=O)CCC(=O)O1. The van der Waals surface area contributed by atoms with Gasteiger partial charge in [0, 0.05) is 19.3 Å². The Bertz CT molecular complexity index is 249. The maximum absolute atomic E-state index is 11.3. The van der Waals surface area contributed by atoms with Crippen molar-refractivity contribution in [1.29, 1.82) is 0 Å². The first-order chi connectivity index (χ1) is 7.58. The summed E-state index contributed by atoms with van der Waals surface area (Å²) in [5.41, 5.74) is 0. The molecule has 0 aromatic heterocycles. The molecule has 0 bridgehead atoms. The molecule has 0 spiro atoms. The second-order valence-corrected chi connectivity index (χ2v) is 4.47. The average molecular weight is 228 g/mol. The summed E-state index contributed by atoms with van der Waals surface area (Å²) in [7, 11) is 0. The minimum Gasteiger partial charge on any atom is -0.463 e. The first kappa shape index (κ1) is 13.2. The van der Waals surface area contributed by atoms with E-state index in [-0.39, 0.29) is 30.7 Å². The molecule has 4 heteroatoms. The monoisotopic (exact) mass is 228 g/mol. The molecule has 1 fully saturated rings. The average Bonchev–Trinajstić information content (AvgIpc) is 2.20. The van der Waals surface area contributed by atoms with E-state index < -0.39 is 6.10 Å². The third kappa shape index (κ3) is 5.26. The number of Topliss-reactive ketones (excluding diaryl/α,β-unsaturated/α-hetero) is 1. The number of hydrogen-bond donors (Lipinski definition) is 1. The lowest BCUT2D eigenvalue weighted by molar-refractivity contribution is -0.150. The van der Waals surface area contributed by atoms with Gasteiger partial charge in [0.1, 0.15) is 11.9 Å². The molecule has 92 valence electrons. The molecule has 4 nitrogen and oxygen atoms in total. The van der Waals surface area contributed by atoms with E-state index in [1.165, 1.54) is 0 Å². The first-order valence-electron chi connectivity index (χ1n) is 5.97. The van der Waals surface area contributed by atoms with Gasteiger partial charge in [0.2, 0.25) is 0 Å². The third-order valence-corrected chi connectivity index (χ3v) is 2.79. The summed E-state index contributed by atoms with van der Waals surface area (Å²) in [4.78, 5) is 22.6. The van der Waals surface area contributed by atoms with Gasteiger partial charge in [-0.3, -0.25) is 9.59 Å². The van der Waals surface area contributed by atoms with Crippen molar-refractivity contribution in [3.63, 3.8) is 0 Å². The molecule has 1 aliphatic heterocycles. The summed E-state index contributed by atoms with van der Waals surface area (Å²) >= 11 is 0. The van der Waals surface area contributed by atoms with Crippen molar-refractivity contribution in [2.45, 2.75) is 64.1 Å². The summed E-state index contributed by atoms with van der Waals surface area (Å²) < 4.78 is 5.09. The lowest BCUT2D eigenvalue weighted by atomic mass is 10.0. The molecule has 0 aliphatic carbocycles. The van der Waals surface area contributed by atoms with Crippen LogP contribution >= 0.6 is 0 Å². The van der Waals surface area contributed by atoms with E-state index in [0.717, 1.165) is 12.8 Å². The lowest BCUT2D eigenvalue weighted by Gasteiger charge is -2.18. The Labute approximate surface area is 96.0 Å². The lowest BCUT2D eigenvalue weighted by Crippen LogP contribution is -2.22. The molecule has 1 aliphatic rings. The van der Waals surface area contributed by atoms with E-state index >= 15 is 0 Å². The smallest absolute Gasteiger partial charge is 0.306 e. The predicted octanol–water partition coefficient (Wildman–Crippen LogP) is 1.59. The Morgan fingerprint density at radius 3 is 2.69 bits per heavy atom. The van der Waals surface area contributed by atoms with Crippen LogP contribution in [0.1, 0.15) is 51.9 Å². The van der Waals surface area contributed by atoms with Crippen LogP contribution in [0.4, 0.5) is 0 Å². The van der Waals surface area contributed by atoms with Gasteiger partial charge in [0.05, 0.1) is 12.5 Å². The van der Waals surface area contributed by atoms with Crippen LogP contribution in [-0.2, 0) is 14.3 Å². The molecule has 1 N–H and O–H groups in total.